The predicted octanol–water partition coefficient (Wildman–Crippen LogP) is 1.95. The van der Waals surface area contributed by atoms with E-state index in [1.54, 1.807) is 6.20 Å². The molecule has 1 aliphatic rings. The first-order valence-electron chi connectivity index (χ1n) is 7.10. The lowest BCUT2D eigenvalue weighted by molar-refractivity contribution is 0.389. The molecular formula is C15H19N5. The molecule has 5 nitrogen and oxygen atoms in total. The number of aromatic nitrogens is 3. The molecule has 20 heavy (non-hydrogen) atoms. The van der Waals surface area contributed by atoms with Crippen LogP contribution in [0.15, 0.2) is 36.8 Å². The first-order valence-corrected chi connectivity index (χ1v) is 7.10. The van der Waals surface area contributed by atoms with Gasteiger partial charge in [0.15, 0.2) is 0 Å². The molecule has 3 rings (SSSR count). The maximum Gasteiger partial charge on any atom is 0.222 e. The van der Waals surface area contributed by atoms with Gasteiger partial charge in [0.05, 0.1) is 5.69 Å². The Hall–Kier alpha value is -2.01. The van der Waals surface area contributed by atoms with Gasteiger partial charge >= 0.3 is 0 Å². The van der Waals surface area contributed by atoms with Crippen molar-refractivity contribution in [3.63, 3.8) is 0 Å². The van der Waals surface area contributed by atoms with E-state index in [1.165, 1.54) is 12.8 Å². The highest BCUT2D eigenvalue weighted by molar-refractivity contribution is 5.56. The van der Waals surface area contributed by atoms with Crippen molar-refractivity contribution < 1.29 is 0 Å². The average Bonchev–Trinajstić information content (AvgIpc) is 2.55. The topological polar surface area (TPSA) is 62.7 Å². The molecule has 1 fully saturated rings. The van der Waals surface area contributed by atoms with Gasteiger partial charge in [0, 0.05) is 30.7 Å². The summed E-state index contributed by atoms with van der Waals surface area (Å²) in [7, 11) is 0. The summed E-state index contributed by atoms with van der Waals surface area (Å²) in [6.07, 6.45) is 7.86. The number of hydrogen-bond acceptors (Lipinski definition) is 5. The summed E-state index contributed by atoms with van der Waals surface area (Å²) in [6.45, 7) is 3.18. The summed E-state index contributed by atoms with van der Waals surface area (Å²) in [4.78, 5) is 13.0. The fourth-order valence-corrected chi connectivity index (χ4v) is 2.41. The lowest BCUT2D eigenvalue weighted by Crippen LogP contribution is -2.31. The molecule has 1 saturated heterocycles. The summed E-state index contributed by atoms with van der Waals surface area (Å²) in [5.41, 5.74) is 1.84. The first kappa shape index (κ1) is 13.0. The van der Waals surface area contributed by atoms with Crippen molar-refractivity contribution in [2.75, 3.05) is 25.0 Å². The van der Waals surface area contributed by atoms with Gasteiger partial charge in [-0.1, -0.05) is 6.07 Å². The number of piperidine rings is 1. The van der Waals surface area contributed by atoms with E-state index in [2.05, 4.69) is 25.6 Å². The number of pyridine rings is 1. The molecule has 0 aromatic carbocycles. The number of nitrogens with zero attached hydrogens (tertiary/aromatic N) is 3. The fraction of sp³-hybridized carbons (Fsp3) is 0.400. The van der Waals surface area contributed by atoms with Gasteiger partial charge in [-0.25, -0.2) is 9.97 Å². The normalized spacial score (nSPS) is 16.0. The van der Waals surface area contributed by atoms with Gasteiger partial charge in [-0.2, -0.15) is 0 Å². The number of hydrogen-bond donors (Lipinski definition) is 2. The van der Waals surface area contributed by atoms with Crippen molar-refractivity contribution >= 4 is 5.95 Å². The van der Waals surface area contributed by atoms with E-state index < -0.39 is 0 Å². The predicted molar refractivity (Wildman–Crippen MR) is 79.3 cm³/mol. The largest absolute Gasteiger partial charge is 0.354 e. The average molecular weight is 269 g/mol. The molecule has 0 aliphatic carbocycles. The van der Waals surface area contributed by atoms with Crippen molar-refractivity contribution in [1.82, 2.24) is 20.3 Å². The van der Waals surface area contributed by atoms with Gasteiger partial charge in [-0.3, -0.25) is 4.98 Å². The molecule has 0 spiro atoms. The maximum atomic E-state index is 4.36. The van der Waals surface area contributed by atoms with Crippen molar-refractivity contribution in [2.45, 2.75) is 12.8 Å². The van der Waals surface area contributed by atoms with Crippen molar-refractivity contribution in [1.29, 1.82) is 0 Å². The Balaban J connectivity index is 1.58. The van der Waals surface area contributed by atoms with Gasteiger partial charge < -0.3 is 10.6 Å². The van der Waals surface area contributed by atoms with E-state index >= 15 is 0 Å². The summed E-state index contributed by atoms with van der Waals surface area (Å²) in [6, 6.07) is 5.83. The van der Waals surface area contributed by atoms with Crippen LogP contribution in [-0.2, 0) is 0 Å². The minimum atomic E-state index is 0.697. The third-order valence-corrected chi connectivity index (χ3v) is 3.62. The summed E-state index contributed by atoms with van der Waals surface area (Å²) in [5.74, 6) is 1.42. The number of nitrogens with one attached hydrogen (secondary N) is 2. The van der Waals surface area contributed by atoms with Crippen LogP contribution in [0, 0.1) is 5.92 Å². The molecule has 2 aromatic heterocycles. The summed E-state index contributed by atoms with van der Waals surface area (Å²) < 4.78 is 0. The van der Waals surface area contributed by atoms with E-state index in [4.69, 9.17) is 0 Å². The Kier molecular flexibility index (Phi) is 4.18. The zero-order chi connectivity index (χ0) is 13.6. The van der Waals surface area contributed by atoms with Crippen LogP contribution >= 0.6 is 0 Å². The Morgan fingerprint density at radius 1 is 1.10 bits per heavy atom. The molecule has 2 N–H and O–H groups in total. The quantitative estimate of drug-likeness (QED) is 0.888. The first-order chi connectivity index (χ1) is 9.92. The maximum absolute atomic E-state index is 4.36. The molecule has 2 aromatic rings. The van der Waals surface area contributed by atoms with Gasteiger partial charge in [-0.05, 0) is 44.0 Å². The van der Waals surface area contributed by atoms with Gasteiger partial charge in [-0.15, -0.1) is 0 Å². The standard InChI is InChI=1S/C15H19N5/c1-2-6-17-14(3-1)13-10-19-15(20-11-13)18-9-12-4-7-16-8-5-12/h1-3,6,10-12,16H,4-5,7-9H2,(H,18,19,20). The Bertz CT molecular complexity index is 520. The third-order valence-electron chi connectivity index (χ3n) is 3.62. The molecular weight excluding hydrogens is 250 g/mol. The van der Waals surface area contributed by atoms with Crippen LogP contribution in [0.5, 0.6) is 0 Å². The highest BCUT2D eigenvalue weighted by atomic mass is 15.1. The monoisotopic (exact) mass is 269 g/mol. The molecule has 1 aliphatic heterocycles. The summed E-state index contributed by atoms with van der Waals surface area (Å²) >= 11 is 0. The van der Waals surface area contributed by atoms with Crippen LogP contribution in [0.1, 0.15) is 12.8 Å². The molecule has 0 bridgehead atoms. The van der Waals surface area contributed by atoms with Crippen molar-refractivity contribution in [2.24, 2.45) is 5.92 Å². The molecule has 0 unspecified atom stereocenters. The zero-order valence-corrected chi connectivity index (χ0v) is 11.4. The number of rotatable bonds is 4. The van der Waals surface area contributed by atoms with Gasteiger partial charge in [0.25, 0.3) is 0 Å². The van der Waals surface area contributed by atoms with E-state index in [-0.39, 0.29) is 0 Å². The van der Waals surface area contributed by atoms with Crippen LogP contribution in [0.4, 0.5) is 5.95 Å². The SMILES string of the molecule is c1ccc(-c2cnc(NCC3CCNCC3)nc2)nc1. The highest BCUT2D eigenvalue weighted by Gasteiger charge is 2.12. The van der Waals surface area contributed by atoms with Gasteiger partial charge in [0.2, 0.25) is 5.95 Å². The molecule has 0 atom stereocenters. The third kappa shape index (κ3) is 3.30. The second-order valence-corrected chi connectivity index (χ2v) is 5.08. The van der Waals surface area contributed by atoms with Crippen LogP contribution in [-0.4, -0.2) is 34.6 Å². The molecule has 5 heteroatoms. The zero-order valence-electron chi connectivity index (χ0n) is 11.4. The Labute approximate surface area is 118 Å². The van der Waals surface area contributed by atoms with E-state index in [0.717, 1.165) is 36.8 Å². The number of anilines is 1. The molecule has 104 valence electrons. The smallest absolute Gasteiger partial charge is 0.222 e. The van der Waals surface area contributed by atoms with E-state index in [1.807, 2.05) is 30.6 Å². The molecule has 0 radical (unpaired) electrons. The van der Waals surface area contributed by atoms with Crippen LogP contribution < -0.4 is 10.6 Å². The minimum Gasteiger partial charge on any atom is -0.354 e. The summed E-state index contributed by atoms with van der Waals surface area (Å²) in [5, 5.41) is 6.70. The van der Waals surface area contributed by atoms with Gasteiger partial charge in [0.1, 0.15) is 0 Å². The molecule has 0 amide bonds. The molecule has 3 heterocycles. The van der Waals surface area contributed by atoms with Crippen LogP contribution in [0.3, 0.4) is 0 Å². The lowest BCUT2D eigenvalue weighted by atomic mass is 9.98. The van der Waals surface area contributed by atoms with E-state index in [9.17, 15) is 0 Å². The minimum absolute atomic E-state index is 0.697. The van der Waals surface area contributed by atoms with Crippen molar-refractivity contribution in [3.8, 4) is 11.3 Å². The molecule has 0 saturated carbocycles. The van der Waals surface area contributed by atoms with Crippen LogP contribution in [0.2, 0.25) is 0 Å². The second-order valence-electron chi connectivity index (χ2n) is 5.08. The Morgan fingerprint density at radius 3 is 2.60 bits per heavy atom. The fourth-order valence-electron chi connectivity index (χ4n) is 2.41. The van der Waals surface area contributed by atoms with Crippen LogP contribution in [0.25, 0.3) is 11.3 Å². The van der Waals surface area contributed by atoms with E-state index in [0.29, 0.717) is 5.95 Å². The Morgan fingerprint density at radius 2 is 1.90 bits per heavy atom. The van der Waals surface area contributed by atoms with Crippen molar-refractivity contribution in [3.05, 3.63) is 36.8 Å². The lowest BCUT2D eigenvalue weighted by Gasteiger charge is -2.22. The highest BCUT2D eigenvalue weighted by Crippen LogP contribution is 2.15. The second kappa shape index (κ2) is 6.43.